The second-order valence-electron chi connectivity index (χ2n) is 2.90. The van der Waals surface area contributed by atoms with Crippen LogP contribution in [-0.2, 0) is 12.4 Å². The number of rotatable bonds is 0. The molecule has 0 aromatic heterocycles. The summed E-state index contributed by atoms with van der Waals surface area (Å²) in [7, 11) is 0. The molecule has 0 fully saturated rings. The van der Waals surface area contributed by atoms with Gasteiger partial charge in [-0.05, 0) is 6.07 Å². The van der Waals surface area contributed by atoms with Crippen molar-refractivity contribution in [2.75, 3.05) is 0 Å². The number of hydrogen-bond acceptors (Lipinski definition) is 0. The van der Waals surface area contributed by atoms with Gasteiger partial charge in [-0.15, -0.1) is 0 Å². The van der Waals surface area contributed by atoms with Gasteiger partial charge in [-0.25, -0.2) is 0 Å². The smallest absolute Gasteiger partial charge is 0.166 e. The molecule has 17 heavy (non-hydrogen) atoms. The second kappa shape index (κ2) is 4.40. The molecule has 0 heterocycles. The van der Waals surface area contributed by atoms with Crippen LogP contribution in [0.5, 0.6) is 0 Å². The van der Waals surface area contributed by atoms with Gasteiger partial charge in [0.05, 0.1) is 26.2 Å². The van der Waals surface area contributed by atoms with Crippen molar-refractivity contribution in [3.05, 3.63) is 32.3 Å². The Balaban J connectivity index is 3.71. The van der Waals surface area contributed by atoms with Crippen molar-refractivity contribution in [1.82, 2.24) is 0 Å². The molecule has 0 nitrogen and oxygen atoms in total. The minimum Gasteiger partial charge on any atom is -0.166 e. The number of hydrogen-bond donors (Lipinski definition) is 0. The summed E-state index contributed by atoms with van der Waals surface area (Å²) in [6.45, 7) is 0. The van der Waals surface area contributed by atoms with Gasteiger partial charge in [-0.2, -0.15) is 26.3 Å². The fourth-order valence-corrected chi connectivity index (χ4v) is 1.81. The van der Waals surface area contributed by atoms with E-state index < -0.39 is 38.5 Å². The average Bonchev–Trinajstić information content (AvgIpc) is 2.09. The lowest BCUT2D eigenvalue weighted by atomic mass is 10.1. The van der Waals surface area contributed by atoms with Crippen molar-refractivity contribution in [3.8, 4) is 0 Å². The van der Waals surface area contributed by atoms with E-state index in [1.165, 1.54) is 0 Å². The monoisotopic (exact) mass is 316 g/mol. The minimum atomic E-state index is -5.28. The summed E-state index contributed by atoms with van der Waals surface area (Å²) >= 11 is 15.7. The predicted molar refractivity (Wildman–Crippen MR) is 51.5 cm³/mol. The van der Waals surface area contributed by atoms with Crippen LogP contribution in [0.25, 0.3) is 0 Å². The Bertz CT molecular complexity index is 448. The van der Waals surface area contributed by atoms with Crippen LogP contribution in [0.15, 0.2) is 6.07 Å². The largest absolute Gasteiger partial charge is 0.418 e. The van der Waals surface area contributed by atoms with E-state index in [0.29, 0.717) is 0 Å². The molecular weight excluding hydrogens is 316 g/mol. The van der Waals surface area contributed by atoms with Crippen LogP contribution in [0, 0.1) is 0 Å². The molecule has 1 aromatic carbocycles. The molecule has 0 N–H and O–H groups in total. The normalized spacial score (nSPS) is 13.0. The molecule has 0 saturated carbocycles. The highest BCUT2D eigenvalue weighted by atomic mass is 35.5. The van der Waals surface area contributed by atoms with Gasteiger partial charge in [0.2, 0.25) is 0 Å². The maximum atomic E-state index is 12.5. The molecule has 0 aliphatic carbocycles. The minimum absolute atomic E-state index is 0.0958. The molecule has 0 amide bonds. The van der Waals surface area contributed by atoms with Gasteiger partial charge in [0, 0.05) is 0 Å². The van der Waals surface area contributed by atoms with Crippen molar-refractivity contribution in [1.29, 1.82) is 0 Å². The predicted octanol–water partition coefficient (Wildman–Crippen LogP) is 5.68. The zero-order chi connectivity index (χ0) is 13.6. The third kappa shape index (κ3) is 2.92. The van der Waals surface area contributed by atoms with Crippen LogP contribution in [0.2, 0.25) is 15.1 Å². The van der Waals surface area contributed by atoms with E-state index in [2.05, 4.69) is 0 Å². The van der Waals surface area contributed by atoms with Crippen molar-refractivity contribution in [2.24, 2.45) is 0 Å². The average molecular weight is 317 g/mol. The Morgan fingerprint density at radius 3 is 1.59 bits per heavy atom. The zero-order valence-corrected chi connectivity index (χ0v) is 9.75. The van der Waals surface area contributed by atoms with Gasteiger partial charge in [0.1, 0.15) is 0 Å². The van der Waals surface area contributed by atoms with E-state index in [4.69, 9.17) is 34.8 Å². The lowest BCUT2D eigenvalue weighted by Gasteiger charge is -2.18. The maximum absolute atomic E-state index is 12.5. The fraction of sp³-hybridized carbons (Fsp3) is 0.250. The first-order chi connectivity index (χ1) is 7.46. The summed E-state index contributed by atoms with van der Waals surface area (Å²) in [6.07, 6.45) is -10.5. The van der Waals surface area contributed by atoms with Crippen molar-refractivity contribution in [3.63, 3.8) is 0 Å². The van der Waals surface area contributed by atoms with Gasteiger partial charge < -0.3 is 0 Å². The molecule has 9 heteroatoms. The van der Waals surface area contributed by atoms with Crippen molar-refractivity contribution >= 4 is 34.8 Å². The Morgan fingerprint density at radius 2 is 1.24 bits per heavy atom. The summed E-state index contributed by atoms with van der Waals surface area (Å²) < 4.78 is 74.6. The molecule has 0 atom stereocenters. The Kier molecular flexibility index (Phi) is 3.82. The second-order valence-corrected chi connectivity index (χ2v) is 4.07. The van der Waals surface area contributed by atoms with E-state index >= 15 is 0 Å². The van der Waals surface area contributed by atoms with Crippen LogP contribution in [0.4, 0.5) is 26.3 Å². The van der Waals surface area contributed by atoms with Crippen LogP contribution >= 0.6 is 34.8 Å². The lowest BCUT2D eigenvalue weighted by Crippen LogP contribution is -2.17. The fourth-order valence-electron chi connectivity index (χ4n) is 1.10. The first-order valence-corrected chi connectivity index (χ1v) is 4.91. The molecule has 0 radical (unpaired) electrons. The topological polar surface area (TPSA) is 0 Å². The zero-order valence-electron chi connectivity index (χ0n) is 7.48. The molecule has 1 rings (SSSR count). The molecule has 0 saturated heterocycles. The van der Waals surface area contributed by atoms with E-state index in [0.717, 1.165) is 0 Å². The third-order valence-corrected chi connectivity index (χ3v) is 3.01. The van der Waals surface area contributed by atoms with Crippen molar-refractivity contribution < 1.29 is 26.3 Å². The molecule has 0 unspecified atom stereocenters. The molecule has 0 spiro atoms. The summed E-state index contributed by atoms with van der Waals surface area (Å²) in [5.41, 5.74) is -4.01. The van der Waals surface area contributed by atoms with Gasteiger partial charge >= 0.3 is 12.4 Å². The van der Waals surface area contributed by atoms with E-state index in [1.54, 1.807) is 0 Å². The lowest BCUT2D eigenvalue weighted by molar-refractivity contribution is -0.162. The standard InChI is InChI=1S/C8HCl3F6/c9-3-1-2(7(12,13)14)4(8(15,16)17)6(11)5(3)10/h1H. The Labute approximate surface area is 106 Å². The van der Waals surface area contributed by atoms with E-state index in [-0.39, 0.29) is 6.07 Å². The molecule has 0 aliphatic rings. The van der Waals surface area contributed by atoms with Gasteiger partial charge in [0.25, 0.3) is 0 Å². The molecule has 1 aromatic rings. The van der Waals surface area contributed by atoms with E-state index in [9.17, 15) is 26.3 Å². The maximum Gasteiger partial charge on any atom is 0.418 e. The van der Waals surface area contributed by atoms with Gasteiger partial charge in [0.15, 0.2) is 0 Å². The van der Waals surface area contributed by atoms with Crippen LogP contribution < -0.4 is 0 Å². The summed E-state index contributed by atoms with van der Waals surface area (Å²) in [6, 6.07) is 0.0958. The SMILES string of the molecule is FC(F)(F)c1cc(Cl)c(Cl)c(Cl)c1C(F)(F)F. The number of halogens is 9. The molecular formula is C8HCl3F6. The summed E-state index contributed by atoms with van der Waals surface area (Å²) in [5.74, 6) is 0. The van der Waals surface area contributed by atoms with Gasteiger partial charge in [-0.1, -0.05) is 34.8 Å². The first kappa shape index (κ1) is 14.7. The van der Waals surface area contributed by atoms with Crippen molar-refractivity contribution in [2.45, 2.75) is 12.4 Å². The third-order valence-electron chi connectivity index (χ3n) is 1.75. The van der Waals surface area contributed by atoms with Gasteiger partial charge in [-0.3, -0.25) is 0 Å². The quantitative estimate of drug-likeness (QED) is 0.426. The number of benzene rings is 1. The first-order valence-electron chi connectivity index (χ1n) is 3.78. The molecule has 0 aliphatic heterocycles. The summed E-state index contributed by atoms with van der Waals surface area (Å²) in [5, 5.41) is -2.73. The Morgan fingerprint density at radius 1 is 0.765 bits per heavy atom. The van der Waals surface area contributed by atoms with Crippen LogP contribution in [-0.4, -0.2) is 0 Å². The summed E-state index contributed by atoms with van der Waals surface area (Å²) in [4.78, 5) is 0. The highest BCUT2D eigenvalue weighted by molar-refractivity contribution is 6.48. The highest BCUT2D eigenvalue weighted by Gasteiger charge is 2.46. The van der Waals surface area contributed by atoms with E-state index in [1.807, 2.05) is 0 Å². The molecule has 0 bridgehead atoms. The Hall–Kier alpha value is -0.330. The van der Waals surface area contributed by atoms with Crippen LogP contribution in [0.3, 0.4) is 0 Å². The van der Waals surface area contributed by atoms with Crippen LogP contribution in [0.1, 0.15) is 11.1 Å². The number of alkyl halides is 6. The molecule has 96 valence electrons. The highest BCUT2D eigenvalue weighted by Crippen LogP contribution is 2.48.